The Labute approximate surface area is 140 Å². The van der Waals surface area contributed by atoms with Gasteiger partial charge < -0.3 is 9.32 Å². The minimum atomic E-state index is -0.215. The predicted molar refractivity (Wildman–Crippen MR) is 89.4 cm³/mol. The van der Waals surface area contributed by atoms with Gasteiger partial charge in [0.2, 0.25) is 0 Å². The molecule has 4 rings (SSSR count). The minimum absolute atomic E-state index is 0.173. The molecule has 24 heavy (non-hydrogen) atoms. The van der Waals surface area contributed by atoms with E-state index in [4.69, 9.17) is 4.42 Å². The van der Waals surface area contributed by atoms with Crippen LogP contribution in [0, 0.1) is 23.7 Å². The third kappa shape index (κ3) is 2.12. The summed E-state index contributed by atoms with van der Waals surface area (Å²) in [5.74, 6) is 0.932. The summed E-state index contributed by atoms with van der Waals surface area (Å²) in [6.07, 6.45) is 6.54. The zero-order valence-electron chi connectivity index (χ0n) is 13.9. The second kappa shape index (κ2) is 5.61. The summed E-state index contributed by atoms with van der Waals surface area (Å²) < 4.78 is 5.72. The molecule has 0 unspecified atom stereocenters. The van der Waals surface area contributed by atoms with Crippen molar-refractivity contribution in [3.63, 3.8) is 0 Å². The highest BCUT2D eigenvalue weighted by Crippen LogP contribution is 2.52. The first kappa shape index (κ1) is 15.2. The van der Waals surface area contributed by atoms with Crippen molar-refractivity contribution in [2.75, 3.05) is 18.0 Å². The molecule has 1 saturated heterocycles. The lowest BCUT2D eigenvalue weighted by Crippen LogP contribution is -2.28. The van der Waals surface area contributed by atoms with E-state index in [1.165, 1.54) is 6.21 Å². The van der Waals surface area contributed by atoms with Gasteiger partial charge in [0.15, 0.2) is 5.88 Å². The van der Waals surface area contributed by atoms with Gasteiger partial charge in [-0.15, -0.1) is 0 Å². The second-order valence-electron chi connectivity index (χ2n) is 6.58. The van der Waals surface area contributed by atoms with Crippen LogP contribution in [0.4, 0.5) is 5.88 Å². The Balaban J connectivity index is 1.51. The standard InChI is InChI=1S/C18H21N3O3/c1-3-20(4-2)14-8-7-13(24-14)10-19-21-17(22)15-11-5-6-12(9-11)16(15)18(21)23/h5-8,10-12,15-16H,3-4,9H2,1-2H3/t11-,12-,15-,16+/m0/s1. The van der Waals surface area contributed by atoms with Gasteiger partial charge in [0, 0.05) is 19.2 Å². The van der Waals surface area contributed by atoms with Gasteiger partial charge in [0.05, 0.1) is 18.1 Å². The summed E-state index contributed by atoms with van der Waals surface area (Å²) in [4.78, 5) is 27.1. The van der Waals surface area contributed by atoms with Crippen LogP contribution in [-0.4, -0.2) is 36.1 Å². The summed E-state index contributed by atoms with van der Waals surface area (Å²) in [6, 6.07) is 3.68. The number of nitrogens with zero attached hydrogens (tertiary/aromatic N) is 3. The van der Waals surface area contributed by atoms with Crippen LogP contribution in [0.1, 0.15) is 26.0 Å². The van der Waals surface area contributed by atoms with Crippen molar-refractivity contribution in [2.45, 2.75) is 20.3 Å². The Bertz CT molecular complexity index is 702. The van der Waals surface area contributed by atoms with E-state index in [-0.39, 0.29) is 35.5 Å². The predicted octanol–water partition coefficient (Wildman–Crippen LogP) is 2.27. The summed E-state index contributed by atoms with van der Waals surface area (Å²) >= 11 is 0. The number of hydrogen-bond acceptors (Lipinski definition) is 5. The monoisotopic (exact) mass is 327 g/mol. The van der Waals surface area contributed by atoms with Gasteiger partial charge in [-0.25, -0.2) is 0 Å². The first-order valence-electron chi connectivity index (χ1n) is 8.59. The number of hydrazone groups is 1. The number of fused-ring (bicyclic) bond motifs is 5. The van der Waals surface area contributed by atoms with Crippen LogP contribution >= 0.6 is 0 Å². The molecule has 2 fully saturated rings. The van der Waals surface area contributed by atoms with Gasteiger partial charge >= 0.3 is 0 Å². The summed E-state index contributed by atoms with van der Waals surface area (Å²) in [5.41, 5.74) is 0. The molecule has 2 heterocycles. The molecule has 2 aliphatic carbocycles. The van der Waals surface area contributed by atoms with E-state index in [0.717, 1.165) is 30.4 Å². The maximum Gasteiger partial charge on any atom is 0.254 e. The molecule has 2 bridgehead atoms. The molecule has 1 aromatic heterocycles. The maximum absolute atomic E-state index is 12.5. The van der Waals surface area contributed by atoms with Gasteiger partial charge in [-0.3, -0.25) is 9.59 Å². The van der Waals surface area contributed by atoms with Gasteiger partial charge in [-0.1, -0.05) is 12.2 Å². The molecule has 4 atom stereocenters. The van der Waals surface area contributed by atoms with E-state index in [2.05, 4.69) is 36.0 Å². The van der Waals surface area contributed by atoms with Crippen LogP contribution in [0.3, 0.4) is 0 Å². The minimum Gasteiger partial charge on any atom is -0.440 e. The smallest absolute Gasteiger partial charge is 0.254 e. The molecule has 0 spiro atoms. The third-order valence-corrected chi connectivity index (χ3v) is 5.44. The van der Waals surface area contributed by atoms with E-state index in [1.807, 2.05) is 6.07 Å². The lowest BCUT2D eigenvalue weighted by Gasteiger charge is -2.16. The maximum atomic E-state index is 12.5. The highest BCUT2D eigenvalue weighted by Gasteiger charge is 2.59. The fourth-order valence-electron chi connectivity index (χ4n) is 4.23. The van der Waals surface area contributed by atoms with Crippen LogP contribution in [0.15, 0.2) is 33.8 Å². The van der Waals surface area contributed by atoms with Gasteiger partial charge in [-0.2, -0.15) is 10.1 Å². The van der Waals surface area contributed by atoms with Crippen molar-refractivity contribution < 1.29 is 14.0 Å². The Hall–Kier alpha value is -2.37. The number of furan rings is 1. The number of allylic oxidation sites excluding steroid dienone is 2. The van der Waals surface area contributed by atoms with Crippen LogP contribution in [0.25, 0.3) is 0 Å². The highest BCUT2D eigenvalue weighted by molar-refractivity contribution is 6.06. The molecule has 0 N–H and O–H groups in total. The summed E-state index contributed by atoms with van der Waals surface area (Å²) in [6.45, 7) is 5.82. The summed E-state index contributed by atoms with van der Waals surface area (Å²) in [7, 11) is 0. The zero-order valence-corrected chi connectivity index (χ0v) is 13.9. The number of amides is 2. The average molecular weight is 327 g/mol. The fraction of sp³-hybridized carbons (Fsp3) is 0.500. The quantitative estimate of drug-likeness (QED) is 0.473. The van der Waals surface area contributed by atoms with E-state index < -0.39 is 0 Å². The van der Waals surface area contributed by atoms with Crippen molar-refractivity contribution >= 4 is 23.9 Å². The lowest BCUT2D eigenvalue weighted by atomic mass is 9.85. The Morgan fingerprint density at radius 1 is 1.17 bits per heavy atom. The van der Waals surface area contributed by atoms with Gasteiger partial charge in [0.1, 0.15) is 5.76 Å². The highest BCUT2D eigenvalue weighted by atomic mass is 16.4. The molecule has 1 aliphatic heterocycles. The van der Waals surface area contributed by atoms with E-state index in [9.17, 15) is 9.59 Å². The molecule has 126 valence electrons. The molecular weight excluding hydrogens is 306 g/mol. The van der Waals surface area contributed by atoms with E-state index >= 15 is 0 Å². The normalized spacial score (nSPS) is 30.8. The second-order valence-corrected chi connectivity index (χ2v) is 6.58. The first-order valence-corrected chi connectivity index (χ1v) is 8.59. The number of anilines is 1. The molecule has 1 aromatic rings. The molecule has 6 heteroatoms. The zero-order chi connectivity index (χ0) is 16.8. The van der Waals surface area contributed by atoms with Crippen LogP contribution in [0.5, 0.6) is 0 Å². The van der Waals surface area contributed by atoms with Crippen LogP contribution in [0.2, 0.25) is 0 Å². The van der Waals surface area contributed by atoms with Gasteiger partial charge in [-0.05, 0) is 38.2 Å². The topological polar surface area (TPSA) is 66.1 Å². The molecule has 0 radical (unpaired) electrons. The lowest BCUT2D eigenvalue weighted by molar-refractivity contribution is -0.140. The molecule has 0 aromatic carbocycles. The van der Waals surface area contributed by atoms with Gasteiger partial charge in [0.25, 0.3) is 11.8 Å². The number of carbonyl (C=O) groups excluding carboxylic acids is 2. The summed E-state index contributed by atoms with van der Waals surface area (Å²) in [5, 5.41) is 5.17. The Morgan fingerprint density at radius 3 is 2.38 bits per heavy atom. The van der Waals surface area contributed by atoms with Crippen molar-refractivity contribution in [3.05, 3.63) is 30.0 Å². The molecule has 6 nitrogen and oxygen atoms in total. The van der Waals surface area contributed by atoms with Crippen molar-refractivity contribution in [2.24, 2.45) is 28.8 Å². The molecular formula is C18H21N3O3. The number of imide groups is 1. The number of hydrogen-bond donors (Lipinski definition) is 0. The van der Waals surface area contributed by atoms with Crippen molar-refractivity contribution in [1.82, 2.24) is 5.01 Å². The number of carbonyl (C=O) groups is 2. The SMILES string of the molecule is CCN(CC)c1ccc(C=NN2C(=O)[C@@H]3[C@H](C2=O)[C@H]2C=C[C@H]3C2)o1. The Morgan fingerprint density at radius 2 is 1.79 bits per heavy atom. The van der Waals surface area contributed by atoms with Crippen LogP contribution in [-0.2, 0) is 9.59 Å². The average Bonchev–Trinajstić information content (AvgIpc) is 3.33. The molecule has 3 aliphatic rings. The number of rotatable bonds is 5. The van der Waals surface area contributed by atoms with Crippen LogP contribution < -0.4 is 4.90 Å². The van der Waals surface area contributed by atoms with E-state index in [1.54, 1.807) is 6.07 Å². The van der Waals surface area contributed by atoms with Crippen molar-refractivity contribution in [1.29, 1.82) is 0 Å². The van der Waals surface area contributed by atoms with E-state index in [0.29, 0.717) is 5.76 Å². The Kier molecular flexibility index (Phi) is 3.55. The van der Waals surface area contributed by atoms with Crippen molar-refractivity contribution in [3.8, 4) is 0 Å². The third-order valence-electron chi connectivity index (χ3n) is 5.44. The fourth-order valence-corrected chi connectivity index (χ4v) is 4.23. The molecule has 1 saturated carbocycles. The largest absolute Gasteiger partial charge is 0.440 e. The first-order chi connectivity index (χ1) is 11.6. The molecule has 2 amide bonds.